The molecule has 0 atom stereocenters. The Morgan fingerprint density at radius 1 is 1.65 bits per heavy atom. The second kappa shape index (κ2) is 4.46. The van der Waals surface area contributed by atoms with Crippen LogP contribution >= 0.6 is 11.6 Å². The van der Waals surface area contributed by atoms with Crippen molar-refractivity contribution in [3.05, 3.63) is 27.4 Å². The predicted octanol–water partition coefficient (Wildman–Crippen LogP) is 1.97. The molecule has 1 saturated carbocycles. The van der Waals surface area contributed by atoms with Crippen molar-refractivity contribution in [1.29, 1.82) is 0 Å². The Hall–Kier alpha value is -1.40. The molecule has 2 N–H and O–H groups in total. The van der Waals surface area contributed by atoms with Crippen molar-refractivity contribution in [3.63, 3.8) is 0 Å². The lowest BCUT2D eigenvalue weighted by molar-refractivity contribution is -0.384. The maximum atomic E-state index is 10.8. The van der Waals surface area contributed by atoms with Gasteiger partial charge in [0.2, 0.25) is 5.82 Å². The number of rotatable bonds is 4. The largest absolute Gasteiger partial charge is 0.388 e. The van der Waals surface area contributed by atoms with Gasteiger partial charge >= 0.3 is 5.69 Å². The lowest BCUT2D eigenvalue weighted by atomic mass is 9.80. The maximum absolute atomic E-state index is 10.8. The standard InChI is InChI=1S/C10H12ClN3O3/c11-7-4-8(14(16)17)9(12-5-7)13-6-10(15)2-1-3-10/h4-5,15H,1-3,6H2,(H,12,13). The van der Waals surface area contributed by atoms with Gasteiger partial charge in [-0.15, -0.1) is 0 Å². The Bertz CT molecular complexity index is 448. The third-order valence-electron chi connectivity index (χ3n) is 2.90. The summed E-state index contributed by atoms with van der Waals surface area (Å²) >= 11 is 5.65. The average molecular weight is 258 g/mol. The summed E-state index contributed by atoms with van der Waals surface area (Å²) in [7, 11) is 0. The van der Waals surface area contributed by atoms with Crippen LogP contribution in [0.1, 0.15) is 19.3 Å². The first-order valence-electron chi connectivity index (χ1n) is 5.26. The number of nitro groups is 1. The van der Waals surface area contributed by atoms with Crippen molar-refractivity contribution in [2.24, 2.45) is 0 Å². The zero-order chi connectivity index (χ0) is 12.5. The molecule has 6 nitrogen and oxygen atoms in total. The molecule has 0 amide bonds. The molecule has 1 aliphatic rings. The molecule has 0 aliphatic heterocycles. The third kappa shape index (κ3) is 2.65. The summed E-state index contributed by atoms with van der Waals surface area (Å²) in [5.74, 6) is 0.139. The Morgan fingerprint density at radius 3 is 2.88 bits per heavy atom. The van der Waals surface area contributed by atoms with E-state index in [1.165, 1.54) is 12.3 Å². The highest BCUT2D eigenvalue weighted by molar-refractivity contribution is 6.30. The Morgan fingerprint density at radius 2 is 2.35 bits per heavy atom. The number of aromatic nitrogens is 1. The second-order valence-corrected chi connectivity index (χ2v) is 4.65. The van der Waals surface area contributed by atoms with E-state index in [2.05, 4.69) is 10.3 Å². The first kappa shape index (κ1) is 12.1. The molecule has 17 heavy (non-hydrogen) atoms. The van der Waals surface area contributed by atoms with E-state index in [1.807, 2.05) is 0 Å². The lowest BCUT2D eigenvalue weighted by Gasteiger charge is -2.36. The van der Waals surface area contributed by atoms with Gasteiger partial charge in [0.1, 0.15) is 0 Å². The van der Waals surface area contributed by atoms with Gasteiger partial charge in [-0.05, 0) is 19.3 Å². The molecular weight excluding hydrogens is 246 g/mol. The van der Waals surface area contributed by atoms with Crippen molar-refractivity contribution in [2.45, 2.75) is 24.9 Å². The van der Waals surface area contributed by atoms with Gasteiger partial charge in [0.15, 0.2) is 0 Å². The number of hydrogen-bond acceptors (Lipinski definition) is 5. The van der Waals surface area contributed by atoms with Crippen LogP contribution in [0.25, 0.3) is 0 Å². The fourth-order valence-corrected chi connectivity index (χ4v) is 1.87. The van der Waals surface area contributed by atoms with Crippen LogP contribution < -0.4 is 5.32 Å². The van der Waals surface area contributed by atoms with Crippen LogP contribution in [0.4, 0.5) is 11.5 Å². The van der Waals surface area contributed by atoms with E-state index in [4.69, 9.17) is 11.6 Å². The molecule has 0 bridgehead atoms. The summed E-state index contributed by atoms with van der Waals surface area (Å²) in [6.45, 7) is 0.266. The number of halogens is 1. The highest BCUT2D eigenvalue weighted by atomic mass is 35.5. The number of nitrogens with zero attached hydrogens (tertiary/aromatic N) is 2. The predicted molar refractivity (Wildman–Crippen MR) is 63.2 cm³/mol. The minimum Gasteiger partial charge on any atom is -0.388 e. The molecule has 1 fully saturated rings. The van der Waals surface area contributed by atoms with Crippen LogP contribution in [0.3, 0.4) is 0 Å². The molecule has 2 rings (SSSR count). The van der Waals surface area contributed by atoms with E-state index < -0.39 is 10.5 Å². The van der Waals surface area contributed by atoms with Gasteiger partial charge in [0.05, 0.1) is 15.5 Å². The number of pyridine rings is 1. The van der Waals surface area contributed by atoms with Crippen LogP contribution in [0.2, 0.25) is 5.02 Å². The van der Waals surface area contributed by atoms with Crippen LogP contribution in [0.5, 0.6) is 0 Å². The molecule has 0 aromatic carbocycles. The van der Waals surface area contributed by atoms with Gasteiger partial charge < -0.3 is 10.4 Å². The molecule has 1 aromatic rings. The van der Waals surface area contributed by atoms with E-state index >= 15 is 0 Å². The lowest BCUT2D eigenvalue weighted by Crippen LogP contribution is -2.43. The molecule has 0 spiro atoms. The van der Waals surface area contributed by atoms with Gasteiger partial charge in [-0.25, -0.2) is 4.98 Å². The fourth-order valence-electron chi connectivity index (χ4n) is 1.71. The quantitative estimate of drug-likeness (QED) is 0.636. The summed E-state index contributed by atoms with van der Waals surface area (Å²) < 4.78 is 0. The number of hydrogen-bond donors (Lipinski definition) is 2. The molecule has 0 saturated heterocycles. The van der Waals surface area contributed by atoms with Crippen molar-refractivity contribution in [3.8, 4) is 0 Å². The van der Waals surface area contributed by atoms with Crippen molar-refractivity contribution >= 4 is 23.1 Å². The van der Waals surface area contributed by atoms with Crippen molar-refractivity contribution in [1.82, 2.24) is 4.98 Å². The molecular formula is C10H12ClN3O3. The molecule has 1 aromatic heterocycles. The highest BCUT2D eigenvalue weighted by Gasteiger charge is 2.34. The summed E-state index contributed by atoms with van der Waals surface area (Å²) in [6, 6.07) is 1.24. The van der Waals surface area contributed by atoms with Crippen LogP contribution in [0.15, 0.2) is 12.3 Å². The molecule has 1 heterocycles. The van der Waals surface area contributed by atoms with E-state index in [0.29, 0.717) is 12.8 Å². The van der Waals surface area contributed by atoms with Gasteiger partial charge in [-0.1, -0.05) is 11.6 Å². The normalized spacial score (nSPS) is 17.3. The van der Waals surface area contributed by atoms with Gasteiger partial charge in [-0.2, -0.15) is 0 Å². The zero-order valence-electron chi connectivity index (χ0n) is 9.02. The number of nitrogens with one attached hydrogen (secondary N) is 1. The Balaban J connectivity index is 2.12. The molecule has 1 aliphatic carbocycles. The molecule has 92 valence electrons. The van der Waals surface area contributed by atoms with Crippen LogP contribution in [0, 0.1) is 10.1 Å². The zero-order valence-corrected chi connectivity index (χ0v) is 9.78. The van der Waals surface area contributed by atoms with Crippen LogP contribution in [-0.2, 0) is 0 Å². The SMILES string of the molecule is O=[N+]([O-])c1cc(Cl)cnc1NCC1(O)CCC1. The molecule has 0 unspecified atom stereocenters. The smallest absolute Gasteiger partial charge is 0.312 e. The van der Waals surface area contributed by atoms with Crippen molar-refractivity contribution < 1.29 is 10.0 Å². The van der Waals surface area contributed by atoms with Gasteiger partial charge in [0.25, 0.3) is 0 Å². The summed E-state index contributed by atoms with van der Waals surface area (Å²) in [5, 5.41) is 23.7. The molecule has 7 heteroatoms. The van der Waals surface area contributed by atoms with E-state index in [-0.39, 0.29) is 23.1 Å². The van der Waals surface area contributed by atoms with Crippen molar-refractivity contribution in [2.75, 3.05) is 11.9 Å². The maximum Gasteiger partial charge on any atom is 0.312 e. The first-order valence-corrected chi connectivity index (χ1v) is 5.64. The Labute approximate surface area is 103 Å². The van der Waals surface area contributed by atoms with Gasteiger partial charge in [0, 0.05) is 18.8 Å². The van der Waals surface area contributed by atoms with Crippen LogP contribution in [-0.4, -0.2) is 27.2 Å². The van der Waals surface area contributed by atoms with E-state index in [1.54, 1.807) is 0 Å². The topological polar surface area (TPSA) is 88.3 Å². The molecule has 0 radical (unpaired) electrons. The summed E-state index contributed by atoms with van der Waals surface area (Å²) in [6.07, 6.45) is 3.73. The first-order chi connectivity index (χ1) is 8.00. The monoisotopic (exact) mass is 257 g/mol. The van der Waals surface area contributed by atoms with Gasteiger partial charge in [-0.3, -0.25) is 10.1 Å². The number of aliphatic hydroxyl groups is 1. The minimum absolute atomic E-state index is 0.139. The van der Waals surface area contributed by atoms with E-state index in [0.717, 1.165) is 6.42 Å². The second-order valence-electron chi connectivity index (χ2n) is 4.21. The number of anilines is 1. The fraction of sp³-hybridized carbons (Fsp3) is 0.500. The highest BCUT2D eigenvalue weighted by Crippen LogP contribution is 2.32. The minimum atomic E-state index is -0.755. The van der Waals surface area contributed by atoms with E-state index in [9.17, 15) is 15.2 Å². The summed E-state index contributed by atoms with van der Waals surface area (Å²) in [5.41, 5.74) is -0.935. The Kier molecular flexibility index (Phi) is 3.17. The average Bonchev–Trinajstić information content (AvgIpc) is 2.24. The summed E-state index contributed by atoms with van der Waals surface area (Å²) in [4.78, 5) is 14.1. The third-order valence-corrected chi connectivity index (χ3v) is 3.11.